The Hall–Kier alpha value is -1.46. The average Bonchev–Trinajstić information content (AvgIpc) is 3.42. The summed E-state index contributed by atoms with van der Waals surface area (Å²) in [5, 5.41) is 4.85. The van der Waals surface area contributed by atoms with E-state index in [0.29, 0.717) is 6.04 Å². The van der Waals surface area contributed by atoms with Crippen molar-refractivity contribution in [2.24, 2.45) is 5.92 Å². The predicted octanol–water partition coefficient (Wildman–Crippen LogP) is 5.41. The molecule has 1 aromatic heterocycles. The first-order valence-electron chi connectivity index (χ1n) is 10.8. The van der Waals surface area contributed by atoms with Gasteiger partial charge in [-0.15, -0.1) is 0 Å². The van der Waals surface area contributed by atoms with Gasteiger partial charge in [0.05, 0.1) is 16.8 Å². The number of halogens is 1. The van der Waals surface area contributed by atoms with Gasteiger partial charge in [-0.25, -0.2) is 0 Å². The number of ketones is 1. The zero-order chi connectivity index (χ0) is 19.1. The van der Waals surface area contributed by atoms with Crippen molar-refractivity contribution in [2.45, 2.75) is 63.5 Å². The molecule has 1 aromatic carbocycles. The van der Waals surface area contributed by atoms with Gasteiger partial charge in [0.1, 0.15) is 0 Å². The lowest BCUT2D eigenvalue weighted by molar-refractivity contribution is 0.0968. The third-order valence-corrected chi connectivity index (χ3v) is 7.24. The molecule has 5 heteroatoms. The summed E-state index contributed by atoms with van der Waals surface area (Å²) < 4.78 is 1.03. The number of benzene rings is 1. The van der Waals surface area contributed by atoms with Crippen molar-refractivity contribution in [1.82, 2.24) is 9.88 Å². The van der Waals surface area contributed by atoms with Crippen molar-refractivity contribution in [3.8, 4) is 0 Å². The molecule has 2 heterocycles. The van der Waals surface area contributed by atoms with Gasteiger partial charge in [-0.3, -0.25) is 9.78 Å². The highest BCUT2D eigenvalue weighted by molar-refractivity contribution is 9.10. The summed E-state index contributed by atoms with van der Waals surface area (Å²) in [5.41, 5.74) is 2.74. The van der Waals surface area contributed by atoms with Crippen molar-refractivity contribution >= 4 is 38.3 Å². The lowest BCUT2D eigenvalue weighted by Crippen LogP contribution is -2.39. The highest BCUT2D eigenvalue weighted by Crippen LogP contribution is 2.38. The second kappa shape index (κ2) is 7.75. The number of hydrogen-bond donors (Lipinski definition) is 1. The monoisotopic (exact) mass is 441 g/mol. The molecule has 0 bridgehead atoms. The molecule has 3 fully saturated rings. The van der Waals surface area contributed by atoms with Gasteiger partial charge in [-0.2, -0.15) is 0 Å². The molecule has 3 aliphatic rings. The first kappa shape index (κ1) is 18.6. The fourth-order valence-electron chi connectivity index (χ4n) is 4.97. The summed E-state index contributed by atoms with van der Waals surface area (Å²) in [6, 6.07) is 7.35. The minimum absolute atomic E-state index is 0.206. The fraction of sp³-hybridized carbons (Fsp3) is 0.565. The van der Waals surface area contributed by atoms with E-state index in [2.05, 4.69) is 37.2 Å². The second-order valence-electron chi connectivity index (χ2n) is 8.74. The maximum Gasteiger partial charge on any atom is 0.169 e. The van der Waals surface area contributed by atoms with Gasteiger partial charge in [0, 0.05) is 34.1 Å². The number of nitrogens with one attached hydrogen (secondary N) is 1. The quantitative estimate of drug-likeness (QED) is 0.629. The molecule has 1 N–H and O–H groups in total. The van der Waals surface area contributed by atoms with Crippen molar-refractivity contribution in [2.75, 3.05) is 18.4 Å². The summed E-state index contributed by atoms with van der Waals surface area (Å²) in [5.74, 6) is 0.473. The molecule has 28 heavy (non-hydrogen) atoms. The largest absolute Gasteiger partial charge is 0.381 e. The molecule has 5 rings (SSSR count). The smallest absolute Gasteiger partial charge is 0.169 e. The molecule has 2 aromatic rings. The Morgan fingerprint density at radius 3 is 2.54 bits per heavy atom. The van der Waals surface area contributed by atoms with Crippen LogP contribution in [0, 0.1) is 5.92 Å². The van der Waals surface area contributed by atoms with Crippen LogP contribution >= 0.6 is 15.9 Å². The number of likely N-dealkylation sites (tertiary alicyclic amines) is 1. The van der Waals surface area contributed by atoms with E-state index in [1.165, 1.54) is 51.6 Å². The van der Waals surface area contributed by atoms with Crippen LogP contribution in [0.2, 0.25) is 0 Å². The SMILES string of the molecule is O=C(c1cnc2ccc(Br)cc2c1N[C@H]1CC[C@H](N2CCCC2)CC1)C1CC1. The molecular weight excluding hydrogens is 414 g/mol. The molecule has 4 nitrogen and oxygen atoms in total. The highest BCUT2D eigenvalue weighted by Gasteiger charge is 2.33. The fourth-order valence-corrected chi connectivity index (χ4v) is 5.33. The van der Waals surface area contributed by atoms with E-state index in [1.54, 1.807) is 6.20 Å². The number of pyridine rings is 1. The highest BCUT2D eigenvalue weighted by atomic mass is 79.9. The van der Waals surface area contributed by atoms with E-state index in [0.717, 1.165) is 45.5 Å². The number of anilines is 1. The van der Waals surface area contributed by atoms with Crippen molar-refractivity contribution in [3.63, 3.8) is 0 Å². The number of carbonyl (C=O) groups excluding carboxylic acids is 1. The molecule has 0 spiro atoms. The molecule has 1 aliphatic heterocycles. The number of hydrogen-bond acceptors (Lipinski definition) is 4. The Kier molecular flexibility index (Phi) is 5.14. The van der Waals surface area contributed by atoms with Gasteiger partial charge in [0.2, 0.25) is 0 Å². The van der Waals surface area contributed by atoms with Crippen molar-refractivity contribution in [3.05, 3.63) is 34.4 Å². The number of nitrogens with zero attached hydrogens (tertiary/aromatic N) is 2. The number of fused-ring (bicyclic) bond motifs is 1. The standard InChI is InChI=1S/C23H28BrN3O/c24-16-5-10-21-19(13-16)22(20(14-25-21)23(28)15-3-4-15)26-17-6-8-18(9-7-17)27-11-1-2-12-27/h5,10,13-15,17-18H,1-4,6-9,11-12H2,(H,25,26)/t17-,18-. The summed E-state index contributed by atoms with van der Waals surface area (Å²) in [6.07, 6.45) is 11.4. The normalized spacial score (nSPS) is 25.9. The maximum atomic E-state index is 12.9. The van der Waals surface area contributed by atoms with Gasteiger partial charge in [0.15, 0.2) is 5.78 Å². The average molecular weight is 442 g/mol. The molecule has 0 atom stereocenters. The number of rotatable bonds is 5. The molecule has 2 aliphatic carbocycles. The van der Waals surface area contributed by atoms with Crippen molar-refractivity contribution < 1.29 is 4.79 Å². The maximum absolute atomic E-state index is 12.9. The number of Topliss-reactive ketones (excluding diaryl/α,β-unsaturated/α-hetero) is 1. The van der Waals surface area contributed by atoms with Gasteiger partial charge in [-0.05, 0) is 82.7 Å². The van der Waals surface area contributed by atoms with Crippen molar-refractivity contribution in [1.29, 1.82) is 0 Å². The zero-order valence-corrected chi connectivity index (χ0v) is 17.9. The molecule has 0 radical (unpaired) electrons. The third kappa shape index (κ3) is 3.71. The lowest BCUT2D eigenvalue weighted by atomic mass is 9.89. The predicted molar refractivity (Wildman–Crippen MR) is 117 cm³/mol. The molecule has 148 valence electrons. The van der Waals surface area contributed by atoms with Crippen LogP contribution in [0.1, 0.15) is 61.7 Å². The number of aromatic nitrogens is 1. The van der Waals surface area contributed by atoms with Crippen LogP contribution in [-0.2, 0) is 0 Å². The van der Waals surface area contributed by atoms with Crippen LogP contribution in [0.5, 0.6) is 0 Å². The minimum Gasteiger partial charge on any atom is -0.381 e. The van der Waals surface area contributed by atoms with Crippen LogP contribution in [0.4, 0.5) is 5.69 Å². The summed E-state index contributed by atoms with van der Waals surface area (Å²) in [7, 11) is 0. The summed E-state index contributed by atoms with van der Waals surface area (Å²) in [4.78, 5) is 20.2. The van der Waals surface area contributed by atoms with Crippen LogP contribution in [-0.4, -0.2) is 40.8 Å². The van der Waals surface area contributed by atoms with E-state index >= 15 is 0 Å². The van der Waals surface area contributed by atoms with Gasteiger partial charge in [-0.1, -0.05) is 15.9 Å². The van der Waals surface area contributed by atoms with E-state index < -0.39 is 0 Å². The Bertz CT molecular complexity index is 881. The molecule has 0 amide bonds. The minimum atomic E-state index is 0.206. The summed E-state index contributed by atoms with van der Waals surface area (Å²) >= 11 is 3.59. The second-order valence-corrected chi connectivity index (χ2v) is 9.66. The first-order chi connectivity index (χ1) is 13.7. The van der Waals surface area contributed by atoms with E-state index in [-0.39, 0.29) is 11.7 Å². The first-order valence-corrected chi connectivity index (χ1v) is 11.6. The van der Waals surface area contributed by atoms with E-state index in [4.69, 9.17) is 0 Å². The molecule has 0 unspecified atom stereocenters. The van der Waals surface area contributed by atoms with Gasteiger partial charge < -0.3 is 10.2 Å². The zero-order valence-electron chi connectivity index (χ0n) is 16.3. The Morgan fingerprint density at radius 1 is 1.07 bits per heavy atom. The van der Waals surface area contributed by atoms with Crippen LogP contribution in [0.25, 0.3) is 10.9 Å². The van der Waals surface area contributed by atoms with Gasteiger partial charge >= 0.3 is 0 Å². The Morgan fingerprint density at radius 2 is 1.82 bits per heavy atom. The van der Waals surface area contributed by atoms with E-state index in [1.807, 2.05) is 12.1 Å². The van der Waals surface area contributed by atoms with Crippen LogP contribution < -0.4 is 5.32 Å². The summed E-state index contributed by atoms with van der Waals surface area (Å²) in [6.45, 7) is 2.57. The molecule has 2 saturated carbocycles. The van der Waals surface area contributed by atoms with E-state index in [9.17, 15) is 4.79 Å². The van der Waals surface area contributed by atoms with Crippen LogP contribution in [0.15, 0.2) is 28.9 Å². The number of carbonyl (C=O) groups is 1. The van der Waals surface area contributed by atoms with Crippen LogP contribution in [0.3, 0.4) is 0 Å². The third-order valence-electron chi connectivity index (χ3n) is 6.75. The lowest BCUT2D eigenvalue weighted by Gasteiger charge is -2.35. The Balaban J connectivity index is 1.40. The van der Waals surface area contributed by atoms with Gasteiger partial charge in [0.25, 0.3) is 0 Å². The Labute approximate surface area is 175 Å². The molecule has 1 saturated heterocycles. The topological polar surface area (TPSA) is 45.2 Å². The molecular formula is C23H28BrN3O.